The maximum atomic E-state index is 13.5. The molecule has 3 aromatic rings. The van der Waals surface area contributed by atoms with Gasteiger partial charge in [-0.25, -0.2) is 4.98 Å². The van der Waals surface area contributed by atoms with Gasteiger partial charge >= 0.3 is 5.97 Å². The number of hydrogen-bond donors (Lipinski definition) is 1. The van der Waals surface area contributed by atoms with Crippen LogP contribution in [0.2, 0.25) is 0 Å². The molecule has 5 rings (SSSR count). The summed E-state index contributed by atoms with van der Waals surface area (Å²) in [6.07, 6.45) is 3.55. The Balaban J connectivity index is 1.45. The second kappa shape index (κ2) is 8.90. The van der Waals surface area contributed by atoms with E-state index in [0.29, 0.717) is 48.3 Å². The summed E-state index contributed by atoms with van der Waals surface area (Å²) in [4.78, 5) is 49.0. The van der Waals surface area contributed by atoms with Gasteiger partial charge in [0.2, 0.25) is 0 Å². The third kappa shape index (κ3) is 4.51. The van der Waals surface area contributed by atoms with Gasteiger partial charge in [-0.3, -0.25) is 19.0 Å². The van der Waals surface area contributed by atoms with Gasteiger partial charge in [0.25, 0.3) is 11.5 Å². The van der Waals surface area contributed by atoms with Gasteiger partial charge in [0.1, 0.15) is 6.33 Å². The number of rotatable bonds is 5. The zero-order chi connectivity index (χ0) is 23.8. The van der Waals surface area contributed by atoms with E-state index in [4.69, 9.17) is 4.84 Å². The van der Waals surface area contributed by atoms with Gasteiger partial charge in [0, 0.05) is 37.3 Å². The second-order valence-corrected chi connectivity index (χ2v) is 8.87. The van der Waals surface area contributed by atoms with Crippen LogP contribution in [0.15, 0.2) is 47.5 Å². The van der Waals surface area contributed by atoms with E-state index < -0.39 is 0 Å². The van der Waals surface area contributed by atoms with Gasteiger partial charge in [-0.15, -0.1) is 5.06 Å². The fraction of sp³-hybridized carbons (Fsp3) is 0.360. The number of aromatic nitrogens is 2. The highest BCUT2D eigenvalue weighted by Crippen LogP contribution is 2.23. The molecule has 0 atom stereocenters. The lowest BCUT2D eigenvalue weighted by molar-refractivity contribution is -0.188. The zero-order valence-electron chi connectivity index (χ0n) is 19.3. The van der Waals surface area contributed by atoms with Crippen molar-refractivity contribution in [2.75, 3.05) is 31.1 Å². The standard InChI is InChI=1S/C25H27N5O4/c1-16-3-4-18(24(32)27-19-5-6-19)13-23(16)30-15-26-22-8-7-20(14-21(22)25(30)33)28-9-11-29(12-10-28)34-17(2)31/h3-4,7-8,13-15,19H,5-6,9-12H2,1-2H3,(H,27,32). The Labute approximate surface area is 196 Å². The molecular formula is C25H27N5O4. The van der Waals surface area contributed by atoms with Gasteiger partial charge in [-0.2, -0.15) is 0 Å². The maximum absolute atomic E-state index is 13.5. The lowest BCUT2D eigenvalue weighted by atomic mass is 10.1. The van der Waals surface area contributed by atoms with Crippen LogP contribution < -0.4 is 15.8 Å². The molecule has 9 nitrogen and oxygen atoms in total. The molecule has 1 aliphatic carbocycles. The van der Waals surface area contributed by atoms with Crippen molar-refractivity contribution in [3.8, 4) is 5.69 Å². The van der Waals surface area contributed by atoms with E-state index in [1.165, 1.54) is 17.8 Å². The third-order valence-electron chi connectivity index (χ3n) is 6.25. The predicted octanol–water partition coefficient (Wildman–Crippen LogP) is 2.19. The number of amides is 1. The lowest BCUT2D eigenvalue weighted by Gasteiger charge is -2.34. The minimum atomic E-state index is -0.324. The van der Waals surface area contributed by atoms with Crippen molar-refractivity contribution < 1.29 is 14.4 Å². The van der Waals surface area contributed by atoms with Gasteiger partial charge in [0.05, 0.1) is 29.7 Å². The quantitative estimate of drug-likeness (QED) is 0.622. The van der Waals surface area contributed by atoms with E-state index in [9.17, 15) is 14.4 Å². The smallest absolute Gasteiger partial charge is 0.322 e. The van der Waals surface area contributed by atoms with Crippen molar-refractivity contribution >= 4 is 28.5 Å². The van der Waals surface area contributed by atoms with Crippen LogP contribution in [0.4, 0.5) is 5.69 Å². The van der Waals surface area contributed by atoms with Crippen molar-refractivity contribution in [3.05, 3.63) is 64.2 Å². The van der Waals surface area contributed by atoms with E-state index in [-0.39, 0.29) is 23.5 Å². The first-order valence-corrected chi connectivity index (χ1v) is 11.5. The molecule has 1 aliphatic heterocycles. The number of hydrogen-bond acceptors (Lipinski definition) is 7. The molecule has 9 heteroatoms. The van der Waals surface area contributed by atoms with Crippen LogP contribution in [0.5, 0.6) is 0 Å². The summed E-state index contributed by atoms with van der Waals surface area (Å²) in [6, 6.07) is 11.3. The monoisotopic (exact) mass is 461 g/mol. The molecule has 0 bridgehead atoms. The molecule has 1 saturated carbocycles. The lowest BCUT2D eigenvalue weighted by Crippen LogP contribution is -2.46. The number of carbonyl (C=O) groups is 2. The maximum Gasteiger partial charge on any atom is 0.322 e. The van der Waals surface area contributed by atoms with E-state index in [1.807, 2.05) is 31.2 Å². The van der Waals surface area contributed by atoms with Crippen LogP contribution in [0.3, 0.4) is 0 Å². The van der Waals surface area contributed by atoms with Crippen molar-refractivity contribution in [3.63, 3.8) is 0 Å². The normalized spacial score (nSPS) is 16.5. The molecule has 2 aromatic carbocycles. The van der Waals surface area contributed by atoms with Crippen molar-refractivity contribution in [2.24, 2.45) is 0 Å². The molecule has 0 unspecified atom stereocenters. The molecular weight excluding hydrogens is 434 g/mol. The molecule has 2 aliphatic rings. The topological polar surface area (TPSA) is 96.8 Å². The summed E-state index contributed by atoms with van der Waals surface area (Å²) in [5.74, 6) is -0.448. The molecule has 176 valence electrons. The van der Waals surface area contributed by atoms with Crippen molar-refractivity contribution in [1.29, 1.82) is 0 Å². The number of nitrogens with zero attached hydrogens (tertiary/aromatic N) is 4. The molecule has 0 spiro atoms. The first-order chi connectivity index (χ1) is 16.4. The summed E-state index contributed by atoms with van der Waals surface area (Å²) in [5, 5.41) is 5.16. The number of hydroxylamine groups is 2. The average Bonchev–Trinajstić information content (AvgIpc) is 3.64. The number of nitrogens with one attached hydrogen (secondary N) is 1. The first kappa shape index (κ1) is 22.1. The van der Waals surface area contributed by atoms with E-state index in [0.717, 1.165) is 24.1 Å². The summed E-state index contributed by atoms with van der Waals surface area (Å²) < 4.78 is 1.51. The van der Waals surface area contributed by atoms with Gasteiger partial charge in [-0.1, -0.05) is 6.07 Å². The van der Waals surface area contributed by atoms with Crippen LogP contribution in [0.25, 0.3) is 16.6 Å². The van der Waals surface area contributed by atoms with E-state index >= 15 is 0 Å². The number of fused-ring (bicyclic) bond motifs is 1. The Hall–Kier alpha value is -3.72. The average molecular weight is 462 g/mol. The van der Waals surface area contributed by atoms with Crippen LogP contribution in [0, 0.1) is 6.92 Å². The Kier molecular flexibility index (Phi) is 5.79. The zero-order valence-corrected chi connectivity index (χ0v) is 19.3. The van der Waals surface area contributed by atoms with Gasteiger partial charge in [0.15, 0.2) is 0 Å². The van der Waals surface area contributed by atoms with Gasteiger partial charge in [-0.05, 0) is 55.7 Å². The highest BCUT2D eigenvalue weighted by molar-refractivity contribution is 5.95. The second-order valence-electron chi connectivity index (χ2n) is 8.87. The van der Waals surface area contributed by atoms with Crippen molar-refractivity contribution in [1.82, 2.24) is 19.9 Å². The van der Waals surface area contributed by atoms with Crippen molar-refractivity contribution in [2.45, 2.75) is 32.7 Å². The Bertz CT molecular complexity index is 1320. The Morgan fingerprint density at radius 1 is 1.06 bits per heavy atom. The predicted molar refractivity (Wildman–Crippen MR) is 128 cm³/mol. The molecule has 1 saturated heterocycles. The number of carbonyl (C=O) groups excluding carboxylic acids is 2. The molecule has 2 fully saturated rings. The molecule has 34 heavy (non-hydrogen) atoms. The van der Waals surface area contributed by atoms with Crippen LogP contribution >= 0.6 is 0 Å². The van der Waals surface area contributed by atoms with Crippen LogP contribution in [-0.2, 0) is 9.63 Å². The number of aryl methyl sites for hydroxylation is 1. The highest BCUT2D eigenvalue weighted by atomic mass is 16.7. The molecule has 1 N–H and O–H groups in total. The summed E-state index contributed by atoms with van der Waals surface area (Å²) in [5.41, 5.74) is 3.39. The Morgan fingerprint density at radius 3 is 2.53 bits per heavy atom. The van der Waals surface area contributed by atoms with E-state index in [1.54, 1.807) is 17.2 Å². The van der Waals surface area contributed by atoms with Gasteiger partial charge < -0.3 is 15.1 Å². The summed E-state index contributed by atoms with van der Waals surface area (Å²) in [7, 11) is 0. The summed E-state index contributed by atoms with van der Waals surface area (Å²) >= 11 is 0. The molecule has 1 aromatic heterocycles. The minimum absolute atomic E-state index is 0.124. The van der Waals surface area contributed by atoms with E-state index in [2.05, 4.69) is 15.2 Å². The Morgan fingerprint density at radius 2 is 1.82 bits per heavy atom. The number of benzene rings is 2. The number of anilines is 1. The largest absolute Gasteiger partial charge is 0.369 e. The third-order valence-corrected chi connectivity index (χ3v) is 6.25. The number of piperazine rings is 1. The SMILES string of the molecule is CC(=O)ON1CCN(c2ccc3ncn(-c4cc(C(=O)NC5CC5)ccc4C)c(=O)c3c2)CC1. The van der Waals surface area contributed by atoms with Crippen LogP contribution in [-0.4, -0.2) is 58.7 Å². The molecule has 2 heterocycles. The molecule has 1 amide bonds. The summed E-state index contributed by atoms with van der Waals surface area (Å²) in [6.45, 7) is 5.82. The fourth-order valence-electron chi connectivity index (χ4n) is 4.20. The first-order valence-electron chi connectivity index (χ1n) is 11.5. The highest BCUT2D eigenvalue weighted by Gasteiger charge is 2.24. The van der Waals surface area contributed by atoms with Crippen LogP contribution in [0.1, 0.15) is 35.7 Å². The minimum Gasteiger partial charge on any atom is -0.369 e. The fourth-order valence-corrected chi connectivity index (χ4v) is 4.20. The molecule has 0 radical (unpaired) electrons.